The lowest BCUT2D eigenvalue weighted by Crippen LogP contribution is -2.52. The van der Waals surface area contributed by atoms with Crippen LogP contribution in [0.15, 0.2) is 0 Å². The highest BCUT2D eigenvalue weighted by molar-refractivity contribution is 5.76. The number of carboxylic acid groups (broad SMARTS) is 1. The second kappa shape index (κ2) is 7.11. The summed E-state index contributed by atoms with van der Waals surface area (Å²) in [4.78, 5) is 23.8. The van der Waals surface area contributed by atoms with Gasteiger partial charge in [0.2, 0.25) is 0 Å². The van der Waals surface area contributed by atoms with E-state index in [1.54, 1.807) is 7.11 Å². The highest BCUT2D eigenvalue weighted by Gasteiger charge is 2.23. The van der Waals surface area contributed by atoms with Crippen molar-refractivity contribution in [2.45, 2.75) is 32.7 Å². The van der Waals surface area contributed by atoms with Gasteiger partial charge in [-0.1, -0.05) is 0 Å². The van der Waals surface area contributed by atoms with Crippen LogP contribution in [0.25, 0.3) is 0 Å². The number of nitrogens with zero attached hydrogens (tertiary/aromatic N) is 1. The molecule has 0 aromatic heterocycles. The van der Waals surface area contributed by atoms with Gasteiger partial charge in [-0.25, -0.2) is 4.79 Å². The molecule has 6 nitrogen and oxygen atoms in total. The molecule has 2 N–H and O–H groups in total. The number of carbonyl (C=O) groups is 2. The van der Waals surface area contributed by atoms with Gasteiger partial charge in [-0.15, -0.1) is 0 Å². The Morgan fingerprint density at radius 2 is 2.00 bits per heavy atom. The zero-order valence-electron chi connectivity index (χ0n) is 10.9. The van der Waals surface area contributed by atoms with E-state index in [4.69, 9.17) is 9.84 Å². The Kier molecular flexibility index (Phi) is 6.57. The van der Waals surface area contributed by atoms with E-state index in [2.05, 4.69) is 5.32 Å². The summed E-state index contributed by atoms with van der Waals surface area (Å²) in [5, 5.41) is 11.4. The molecule has 0 radical (unpaired) electrons. The van der Waals surface area contributed by atoms with Gasteiger partial charge in [0.1, 0.15) is 0 Å². The first-order valence-electron chi connectivity index (χ1n) is 5.60. The maximum Gasteiger partial charge on any atom is 0.317 e. The summed E-state index contributed by atoms with van der Waals surface area (Å²) in [5.74, 6) is -0.910. The van der Waals surface area contributed by atoms with Crippen molar-refractivity contribution in [1.82, 2.24) is 10.2 Å². The summed E-state index contributed by atoms with van der Waals surface area (Å²) in [6.07, 6.45) is -0.0496. The second-order valence-electron chi connectivity index (χ2n) is 4.47. The van der Waals surface area contributed by atoms with Crippen molar-refractivity contribution in [3.05, 3.63) is 0 Å². The number of carboxylic acids is 1. The number of aliphatic carboxylic acids is 1. The Morgan fingerprint density at radius 3 is 2.41 bits per heavy atom. The molecule has 0 saturated carbocycles. The molecule has 0 rings (SSSR count). The number of carbonyl (C=O) groups excluding carboxylic acids is 1. The average molecular weight is 246 g/mol. The highest BCUT2D eigenvalue weighted by Crippen LogP contribution is 2.04. The van der Waals surface area contributed by atoms with Crippen molar-refractivity contribution in [3.8, 4) is 0 Å². The molecule has 100 valence electrons. The molecule has 6 heteroatoms. The van der Waals surface area contributed by atoms with Crippen LogP contribution in [-0.4, -0.2) is 54.4 Å². The number of nitrogens with one attached hydrogen (secondary N) is 1. The Balaban J connectivity index is 4.29. The van der Waals surface area contributed by atoms with Crippen LogP contribution < -0.4 is 5.32 Å². The molecule has 0 aliphatic heterocycles. The fourth-order valence-corrected chi connectivity index (χ4v) is 1.40. The molecule has 0 aliphatic carbocycles. The lowest BCUT2D eigenvalue weighted by molar-refractivity contribution is -0.137. The fourth-order valence-electron chi connectivity index (χ4n) is 1.40. The van der Waals surface area contributed by atoms with Crippen LogP contribution in [0.5, 0.6) is 0 Å². The maximum atomic E-state index is 11.8. The summed E-state index contributed by atoms with van der Waals surface area (Å²) in [6.45, 7) is 6.59. The van der Waals surface area contributed by atoms with Crippen LogP contribution in [0, 0.1) is 0 Å². The van der Waals surface area contributed by atoms with Crippen molar-refractivity contribution < 1.29 is 19.4 Å². The van der Waals surface area contributed by atoms with Gasteiger partial charge in [0.25, 0.3) is 0 Å². The normalized spacial score (nSPS) is 11.1. The summed E-state index contributed by atoms with van der Waals surface area (Å²) in [5.41, 5.74) is -0.470. The van der Waals surface area contributed by atoms with Crippen molar-refractivity contribution in [2.24, 2.45) is 0 Å². The summed E-state index contributed by atoms with van der Waals surface area (Å²) < 4.78 is 4.99. The molecule has 0 bridgehead atoms. The van der Waals surface area contributed by atoms with Crippen LogP contribution in [-0.2, 0) is 9.53 Å². The van der Waals surface area contributed by atoms with Crippen LogP contribution in [0.2, 0.25) is 0 Å². The fraction of sp³-hybridized carbons (Fsp3) is 0.818. The van der Waals surface area contributed by atoms with Gasteiger partial charge >= 0.3 is 12.0 Å². The van der Waals surface area contributed by atoms with E-state index in [1.807, 2.05) is 20.8 Å². The number of urea groups is 1. The minimum absolute atomic E-state index is 0.0496. The first kappa shape index (κ1) is 15.7. The van der Waals surface area contributed by atoms with Gasteiger partial charge in [-0.05, 0) is 20.8 Å². The molecule has 17 heavy (non-hydrogen) atoms. The number of rotatable bonds is 7. The smallest absolute Gasteiger partial charge is 0.317 e. The lowest BCUT2D eigenvalue weighted by atomic mass is 10.1. The van der Waals surface area contributed by atoms with Gasteiger partial charge < -0.3 is 20.1 Å². The van der Waals surface area contributed by atoms with E-state index in [0.717, 1.165) is 0 Å². The topological polar surface area (TPSA) is 78.9 Å². The Morgan fingerprint density at radius 1 is 1.41 bits per heavy atom. The quantitative estimate of drug-likeness (QED) is 0.700. The molecular weight excluding hydrogens is 224 g/mol. The molecular formula is C11H22N2O4. The highest BCUT2D eigenvalue weighted by atomic mass is 16.5. The molecule has 0 unspecified atom stereocenters. The van der Waals surface area contributed by atoms with E-state index in [1.165, 1.54) is 4.90 Å². The molecule has 0 heterocycles. The monoisotopic (exact) mass is 246 g/mol. The number of hydrogen-bond donors (Lipinski definition) is 2. The maximum absolute atomic E-state index is 11.8. The number of amides is 2. The molecule has 0 saturated heterocycles. The van der Waals surface area contributed by atoms with Crippen molar-refractivity contribution in [1.29, 1.82) is 0 Å². The van der Waals surface area contributed by atoms with Gasteiger partial charge in [-0.3, -0.25) is 4.79 Å². The number of methoxy groups -OCH3 is 1. The third-order valence-corrected chi connectivity index (χ3v) is 2.22. The van der Waals surface area contributed by atoms with Gasteiger partial charge in [0.05, 0.1) is 18.6 Å². The van der Waals surface area contributed by atoms with E-state index >= 15 is 0 Å². The van der Waals surface area contributed by atoms with Crippen LogP contribution in [0.3, 0.4) is 0 Å². The van der Waals surface area contributed by atoms with E-state index in [9.17, 15) is 9.59 Å². The second-order valence-corrected chi connectivity index (χ2v) is 4.47. The Bertz CT molecular complexity index is 266. The van der Waals surface area contributed by atoms with Crippen molar-refractivity contribution in [2.75, 3.05) is 26.8 Å². The predicted octanol–water partition coefficient (Wildman–Crippen LogP) is 0.918. The third-order valence-electron chi connectivity index (χ3n) is 2.22. The standard InChI is InChI=1S/C11H22N2O4/c1-5-13(7-6-9(14)15)10(16)12-11(2,3)8-17-4/h5-8H2,1-4H3,(H,12,16)(H,14,15). The number of ether oxygens (including phenoxy) is 1. The first-order chi connectivity index (χ1) is 7.82. The largest absolute Gasteiger partial charge is 0.481 e. The number of hydrogen-bond acceptors (Lipinski definition) is 3. The van der Waals surface area contributed by atoms with Crippen molar-refractivity contribution >= 4 is 12.0 Å². The minimum atomic E-state index is -0.910. The molecule has 0 aromatic carbocycles. The summed E-state index contributed by atoms with van der Waals surface area (Å²) >= 11 is 0. The lowest BCUT2D eigenvalue weighted by Gasteiger charge is -2.29. The summed E-state index contributed by atoms with van der Waals surface area (Å²) in [7, 11) is 1.57. The van der Waals surface area contributed by atoms with E-state index < -0.39 is 11.5 Å². The minimum Gasteiger partial charge on any atom is -0.481 e. The van der Waals surface area contributed by atoms with Gasteiger partial charge in [0.15, 0.2) is 0 Å². The average Bonchev–Trinajstić information content (AvgIpc) is 2.16. The molecule has 0 atom stereocenters. The molecule has 0 aromatic rings. The van der Waals surface area contributed by atoms with Crippen molar-refractivity contribution in [3.63, 3.8) is 0 Å². The zero-order valence-corrected chi connectivity index (χ0v) is 10.9. The SMILES string of the molecule is CCN(CCC(=O)O)C(=O)NC(C)(C)COC. The molecule has 0 spiro atoms. The Hall–Kier alpha value is -1.30. The summed E-state index contributed by atoms with van der Waals surface area (Å²) in [6, 6.07) is -0.268. The molecule has 0 aliphatic rings. The van der Waals surface area contributed by atoms with Crippen LogP contribution >= 0.6 is 0 Å². The molecule has 0 fully saturated rings. The predicted molar refractivity (Wildman–Crippen MR) is 64.0 cm³/mol. The third kappa shape index (κ3) is 6.78. The van der Waals surface area contributed by atoms with Crippen LogP contribution in [0.1, 0.15) is 27.2 Å². The van der Waals surface area contributed by atoms with E-state index in [0.29, 0.717) is 13.2 Å². The zero-order chi connectivity index (χ0) is 13.5. The Labute approximate surface area is 102 Å². The van der Waals surface area contributed by atoms with Gasteiger partial charge in [-0.2, -0.15) is 0 Å². The van der Waals surface area contributed by atoms with Crippen LogP contribution in [0.4, 0.5) is 4.79 Å². The first-order valence-corrected chi connectivity index (χ1v) is 5.60. The molecule has 2 amide bonds. The van der Waals surface area contributed by atoms with E-state index in [-0.39, 0.29) is 19.0 Å². The van der Waals surface area contributed by atoms with Gasteiger partial charge in [0, 0.05) is 20.2 Å².